The van der Waals surface area contributed by atoms with Crippen molar-refractivity contribution in [3.8, 4) is 5.75 Å². The molecule has 3 saturated heterocycles. The highest BCUT2D eigenvalue weighted by Gasteiger charge is 2.65. The van der Waals surface area contributed by atoms with E-state index in [-0.39, 0.29) is 56.3 Å². The van der Waals surface area contributed by atoms with Gasteiger partial charge >= 0.3 is 29.5 Å². The predicted molar refractivity (Wildman–Crippen MR) is 171 cm³/mol. The van der Waals surface area contributed by atoms with Crippen LogP contribution >= 0.6 is 11.8 Å². The van der Waals surface area contributed by atoms with Gasteiger partial charge in [0.2, 0.25) is 5.91 Å². The summed E-state index contributed by atoms with van der Waals surface area (Å²) in [4.78, 5) is 89.1. The number of amides is 6. The molecule has 282 valence electrons. The van der Waals surface area contributed by atoms with Crippen LogP contribution in [0.4, 0.5) is 23.7 Å². The van der Waals surface area contributed by atoms with E-state index in [1.165, 1.54) is 0 Å². The Labute approximate surface area is 297 Å². The molecular formula is C30H35F3N8O10S. The van der Waals surface area contributed by atoms with Gasteiger partial charge in [-0.1, -0.05) is 6.42 Å². The molecule has 0 aliphatic carbocycles. The minimum absolute atomic E-state index is 0.0648. The summed E-state index contributed by atoms with van der Waals surface area (Å²) >= 11 is 1.80. The molecular weight excluding hydrogens is 721 g/mol. The number of rotatable bonds is 18. The van der Waals surface area contributed by atoms with Crippen molar-refractivity contribution in [1.29, 1.82) is 0 Å². The second kappa shape index (κ2) is 16.1. The molecule has 4 aliphatic rings. The van der Waals surface area contributed by atoms with Crippen molar-refractivity contribution in [2.24, 2.45) is 10.2 Å². The number of carbonyl (C=O) groups is 6. The summed E-state index contributed by atoms with van der Waals surface area (Å²) in [5.74, 6) is -3.50. The highest BCUT2D eigenvalue weighted by molar-refractivity contribution is 8.00. The highest BCUT2D eigenvalue weighted by Crippen LogP contribution is 2.53. The predicted octanol–water partition coefficient (Wildman–Crippen LogP) is 2.26. The van der Waals surface area contributed by atoms with Gasteiger partial charge in [-0.25, -0.2) is 9.59 Å². The fourth-order valence-electron chi connectivity index (χ4n) is 5.94. The van der Waals surface area contributed by atoms with Gasteiger partial charge in [0.25, 0.3) is 17.7 Å². The molecule has 6 amide bonds. The topological polar surface area (TPSA) is 240 Å². The number of nitrogens with one attached hydrogen (secondary N) is 4. The van der Waals surface area contributed by atoms with Crippen LogP contribution in [0.1, 0.15) is 63.4 Å². The lowest BCUT2D eigenvalue weighted by atomic mass is 10.0. The van der Waals surface area contributed by atoms with E-state index in [2.05, 4.69) is 31.5 Å². The summed E-state index contributed by atoms with van der Waals surface area (Å²) < 4.78 is 45.4. The number of hydroxylamine groups is 2. The second-order valence-corrected chi connectivity index (χ2v) is 13.7. The summed E-state index contributed by atoms with van der Waals surface area (Å²) in [5, 5.41) is 29.1. The summed E-state index contributed by atoms with van der Waals surface area (Å²) in [7, 11) is 0. The van der Waals surface area contributed by atoms with Gasteiger partial charge in [-0.15, -0.1) is 15.3 Å². The van der Waals surface area contributed by atoms with Crippen LogP contribution in [0, 0.1) is 10.1 Å². The van der Waals surface area contributed by atoms with E-state index in [9.17, 15) is 52.1 Å². The lowest BCUT2D eigenvalue weighted by molar-refractivity contribution is -0.385. The van der Waals surface area contributed by atoms with Crippen molar-refractivity contribution >= 4 is 53.1 Å². The zero-order valence-corrected chi connectivity index (χ0v) is 28.3. The molecule has 0 saturated carbocycles. The Morgan fingerprint density at radius 1 is 1.08 bits per heavy atom. The molecule has 1 aromatic rings. The summed E-state index contributed by atoms with van der Waals surface area (Å²) in [5.41, 5.74) is -4.43. The maximum Gasteiger partial charge on any atom is 0.442 e. The minimum Gasteiger partial charge on any atom is -0.477 e. The number of alkyl halides is 3. The van der Waals surface area contributed by atoms with Crippen LogP contribution in [0.25, 0.3) is 0 Å². The third-order valence-corrected chi connectivity index (χ3v) is 10.2. The van der Waals surface area contributed by atoms with Crippen LogP contribution in [0.3, 0.4) is 0 Å². The Kier molecular flexibility index (Phi) is 11.8. The Hall–Kier alpha value is -5.02. The van der Waals surface area contributed by atoms with Crippen molar-refractivity contribution in [3.05, 3.63) is 33.9 Å². The number of ether oxygens (including phenoxy) is 1. The van der Waals surface area contributed by atoms with E-state index in [0.717, 1.165) is 30.7 Å². The number of halogens is 3. The van der Waals surface area contributed by atoms with Gasteiger partial charge in [0.1, 0.15) is 6.04 Å². The minimum atomic E-state index is -4.93. The van der Waals surface area contributed by atoms with Gasteiger partial charge < -0.3 is 30.8 Å². The summed E-state index contributed by atoms with van der Waals surface area (Å²) in [6, 6.07) is 0.979. The zero-order chi connectivity index (χ0) is 37.6. The normalized spacial score (nSPS) is 21.9. The first-order valence-electron chi connectivity index (χ1n) is 16.4. The van der Waals surface area contributed by atoms with Crippen LogP contribution in [0.15, 0.2) is 28.4 Å². The van der Waals surface area contributed by atoms with Crippen molar-refractivity contribution in [2.75, 3.05) is 18.9 Å². The fraction of sp³-hybridized carbons (Fsp3) is 0.600. The largest absolute Gasteiger partial charge is 0.477 e. The van der Waals surface area contributed by atoms with E-state index in [1.807, 2.05) is 0 Å². The first-order chi connectivity index (χ1) is 24.7. The summed E-state index contributed by atoms with van der Waals surface area (Å²) in [6.07, 6.45) is -2.08. The third kappa shape index (κ3) is 9.06. The number of hydrogen-bond acceptors (Lipinski definition) is 13. The van der Waals surface area contributed by atoms with E-state index in [4.69, 9.17) is 9.57 Å². The van der Waals surface area contributed by atoms with E-state index in [1.54, 1.807) is 11.8 Å². The quantitative estimate of drug-likeness (QED) is 0.0557. The molecule has 0 aromatic heterocycles. The molecule has 1 aromatic carbocycles. The van der Waals surface area contributed by atoms with Crippen LogP contribution in [-0.4, -0.2) is 94.1 Å². The SMILES string of the molecule is O=C(CCCC[C@@H]1SC[C@@H]2NC(=O)N[C@@H]21)NCCCC[C@H](NC(=O)COc1ccc(C2(C(F)(F)F)N=N2)cc1[N+](=O)[O-])C(=O)ON1C(=O)CCC1=O. The van der Waals surface area contributed by atoms with Gasteiger partial charge in [0, 0.05) is 48.4 Å². The first kappa shape index (κ1) is 38.2. The van der Waals surface area contributed by atoms with Gasteiger partial charge in [0.05, 0.1) is 17.0 Å². The maximum absolute atomic E-state index is 13.4. The molecule has 0 unspecified atom stereocenters. The average molecular weight is 757 g/mol. The number of fused-ring (bicyclic) bond motifs is 1. The molecule has 0 spiro atoms. The lowest BCUT2D eigenvalue weighted by Crippen LogP contribution is -2.46. The second-order valence-electron chi connectivity index (χ2n) is 12.4. The van der Waals surface area contributed by atoms with E-state index < -0.39 is 70.1 Å². The third-order valence-electron chi connectivity index (χ3n) is 8.74. The number of nitro benzene ring substituents is 1. The number of carbonyl (C=O) groups excluding carboxylic acids is 6. The monoisotopic (exact) mass is 756 g/mol. The standard InChI is InChI=1S/C30H35F3N8O10S/c31-30(32,33)29(38-39-29)16-8-9-20(19(13-16)41(48)49)50-14-23(43)35-17(27(46)51-40-24(44)10-11-25(40)45)5-3-4-12-34-22(42)7-2-1-6-21-26-18(15-52-21)36-28(47)37-26/h8-9,13,17-18,21,26H,1-7,10-12,14-15H2,(H,34,42)(H,35,43)(H2,36,37,47)/t17-,18-,21-,26-/m0/s1. The van der Waals surface area contributed by atoms with Crippen LogP contribution in [0.2, 0.25) is 0 Å². The average Bonchev–Trinajstić information content (AvgIpc) is 3.62. The van der Waals surface area contributed by atoms with Gasteiger partial charge in [-0.2, -0.15) is 24.9 Å². The molecule has 4 aliphatic heterocycles. The number of nitro groups is 1. The molecule has 0 bridgehead atoms. The molecule has 18 nitrogen and oxygen atoms in total. The van der Waals surface area contributed by atoms with Crippen molar-refractivity contribution in [2.45, 2.75) is 93.0 Å². The van der Waals surface area contributed by atoms with Crippen LogP contribution in [-0.2, 0) is 34.5 Å². The molecule has 4 heterocycles. The Morgan fingerprint density at radius 2 is 1.81 bits per heavy atom. The van der Waals surface area contributed by atoms with Crippen molar-refractivity contribution in [3.63, 3.8) is 0 Å². The molecule has 0 radical (unpaired) electrons. The zero-order valence-electron chi connectivity index (χ0n) is 27.4. The fourth-order valence-corrected chi connectivity index (χ4v) is 7.49. The molecule has 22 heteroatoms. The first-order valence-corrected chi connectivity index (χ1v) is 17.5. The Bertz CT molecular complexity index is 1620. The number of thioether (sulfide) groups is 1. The molecule has 3 fully saturated rings. The summed E-state index contributed by atoms with van der Waals surface area (Å²) in [6.45, 7) is -0.663. The smallest absolute Gasteiger partial charge is 0.442 e. The molecule has 4 N–H and O–H groups in total. The molecule has 5 rings (SSSR count). The van der Waals surface area contributed by atoms with Gasteiger partial charge in [-0.3, -0.25) is 29.3 Å². The van der Waals surface area contributed by atoms with E-state index in [0.29, 0.717) is 35.6 Å². The number of unbranched alkanes of at least 4 members (excludes halogenated alkanes) is 2. The number of urea groups is 1. The van der Waals surface area contributed by atoms with Crippen molar-refractivity contribution < 1.29 is 56.4 Å². The Balaban J connectivity index is 1.08. The van der Waals surface area contributed by atoms with E-state index >= 15 is 0 Å². The maximum atomic E-state index is 13.4. The Morgan fingerprint density at radius 3 is 2.48 bits per heavy atom. The molecule has 52 heavy (non-hydrogen) atoms. The highest BCUT2D eigenvalue weighted by atomic mass is 32.2. The van der Waals surface area contributed by atoms with Crippen LogP contribution < -0.4 is 26.0 Å². The van der Waals surface area contributed by atoms with Gasteiger partial charge in [-0.05, 0) is 44.2 Å². The molecule has 4 atom stereocenters. The number of nitrogens with zero attached hydrogens (tertiary/aromatic N) is 4. The van der Waals surface area contributed by atoms with Crippen LogP contribution in [0.5, 0.6) is 5.75 Å². The van der Waals surface area contributed by atoms with Gasteiger partial charge in [0.15, 0.2) is 12.4 Å². The number of hydrogen-bond donors (Lipinski definition) is 4. The number of benzene rings is 1. The van der Waals surface area contributed by atoms with Crippen molar-refractivity contribution in [1.82, 2.24) is 26.3 Å². The number of imide groups is 1. The lowest BCUT2D eigenvalue weighted by Gasteiger charge is -2.20.